The molecule has 1 heterocycles. The van der Waals surface area contributed by atoms with Crippen LogP contribution in [-0.2, 0) is 6.42 Å². The van der Waals surface area contributed by atoms with Gasteiger partial charge in [0.1, 0.15) is 11.9 Å². The Balaban J connectivity index is 1.63. The Morgan fingerprint density at radius 3 is 2.71 bits per heavy atom. The first-order valence-electron chi connectivity index (χ1n) is 7.58. The Bertz CT molecular complexity index is 608. The van der Waals surface area contributed by atoms with Gasteiger partial charge in [-0.3, -0.25) is 0 Å². The van der Waals surface area contributed by atoms with Gasteiger partial charge in [-0.25, -0.2) is 0 Å². The lowest BCUT2D eigenvalue weighted by molar-refractivity contribution is 0.197. The van der Waals surface area contributed by atoms with Gasteiger partial charge >= 0.3 is 0 Å². The third-order valence-electron chi connectivity index (χ3n) is 4.21. The first-order chi connectivity index (χ1) is 10.1. The van der Waals surface area contributed by atoms with Crippen molar-refractivity contribution in [3.05, 3.63) is 65.2 Å². The molecule has 0 amide bonds. The molecule has 21 heavy (non-hydrogen) atoms. The first-order valence-corrected chi connectivity index (χ1v) is 8.50. The Morgan fingerprint density at radius 1 is 1.19 bits per heavy atom. The summed E-state index contributed by atoms with van der Waals surface area (Å²) in [5, 5.41) is 0. The van der Waals surface area contributed by atoms with Gasteiger partial charge in [0.05, 0.1) is 0 Å². The molecule has 0 spiro atoms. The van der Waals surface area contributed by atoms with Crippen molar-refractivity contribution < 1.29 is 4.74 Å². The van der Waals surface area contributed by atoms with Gasteiger partial charge in [-0.05, 0) is 36.5 Å². The molecule has 0 radical (unpaired) electrons. The Labute approximate surface area is 135 Å². The summed E-state index contributed by atoms with van der Waals surface area (Å²) in [6, 6.07) is 17.1. The molecule has 3 rings (SSSR count). The minimum Gasteiger partial charge on any atom is -0.490 e. The lowest BCUT2D eigenvalue weighted by Crippen LogP contribution is -2.19. The molecule has 2 heteroatoms. The maximum atomic E-state index is 6.10. The number of hydrogen-bond donors (Lipinski definition) is 0. The summed E-state index contributed by atoms with van der Waals surface area (Å²) in [7, 11) is 0. The van der Waals surface area contributed by atoms with Crippen LogP contribution in [0.25, 0.3) is 0 Å². The summed E-state index contributed by atoms with van der Waals surface area (Å²) in [4.78, 5) is 0.382. The molecule has 0 saturated heterocycles. The van der Waals surface area contributed by atoms with E-state index in [4.69, 9.17) is 4.74 Å². The van der Waals surface area contributed by atoms with Gasteiger partial charge in [0.25, 0.3) is 0 Å². The summed E-state index contributed by atoms with van der Waals surface area (Å²) >= 11 is 3.85. The van der Waals surface area contributed by atoms with Gasteiger partial charge in [0.15, 0.2) is 0 Å². The lowest BCUT2D eigenvalue weighted by Gasteiger charge is -2.22. The average Bonchev–Trinajstić information content (AvgIpc) is 2.88. The summed E-state index contributed by atoms with van der Waals surface area (Å²) in [6.45, 7) is 4.43. The van der Waals surface area contributed by atoms with Crippen LogP contribution in [-0.4, -0.2) is 6.10 Å². The van der Waals surface area contributed by atoms with Gasteiger partial charge < -0.3 is 4.74 Å². The van der Waals surface area contributed by atoms with E-state index >= 15 is 0 Å². The van der Waals surface area contributed by atoms with Crippen LogP contribution in [0.2, 0.25) is 0 Å². The maximum absolute atomic E-state index is 6.10. The molecule has 2 aromatic rings. The fraction of sp³-hybridized carbons (Fsp3) is 0.368. The van der Waals surface area contributed by atoms with Crippen LogP contribution in [0.4, 0.5) is 0 Å². The van der Waals surface area contributed by atoms with Crippen molar-refractivity contribution in [2.45, 2.75) is 37.6 Å². The number of halogens is 1. The van der Waals surface area contributed by atoms with E-state index in [0.29, 0.717) is 16.8 Å². The normalized spacial score (nSPS) is 19.7. The van der Waals surface area contributed by atoms with Crippen LogP contribution in [0, 0.1) is 12.8 Å². The van der Waals surface area contributed by atoms with E-state index in [1.54, 1.807) is 0 Å². The SMILES string of the molecule is Cc1ccc2c(c1)CC(CC(C)C(Br)c1ccccc1)O2. The fourth-order valence-electron chi connectivity index (χ4n) is 3.08. The molecule has 0 N–H and O–H groups in total. The van der Waals surface area contributed by atoms with Gasteiger partial charge in [-0.2, -0.15) is 0 Å². The van der Waals surface area contributed by atoms with E-state index in [9.17, 15) is 0 Å². The second-order valence-electron chi connectivity index (χ2n) is 6.08. The third-order valence-corrected chi connectivity index (χ3v) is 5.64. The highest BCUT2D eigenvalue weighted by Gasteiger charge is 2.27. The molecule has 3 atom stereocenters. The second-order valence-corrected chi connectivity index (χ2v) is 7.07. The topological polar surface area (TPSA) is 9.23 Å². The minimum atomic E-state index is 0.306. The van der Waals surface area contributed by atoms with Crippen LogP contribution >= 0.6 is 15.9 Å². The molecule has 1 nitrogen and oxygen atoms in total. The van der Waals surface area contributed by atoms with Crippen molar-refractivity contribution in [2.24, 2.45) is 5.92 Å². The fourth-order valence-corrected chi connectivity index (χ4v) is 3.60. The monoisotopic (exact) mass is 344 g/mol. The molecule has 0 bridgehead atoms. The molecule has 2 aromatic carbocycles. The number of benzene rings is 2. The smallest absolute Gasteiger partial charge is 0.123 e. The molecule has 0 fully saturated rings. The number of ether oxygens (including phenoxy) is 1. The molecule has 1 aliphatic rings. The average molecular weight is 345 g/mol. The van der Waals surface area contributed by atoms with Crippen LogP contribution in [0.5, 0.6) is 5.75 Å². The Kier molecular flexibility index (Phi) is 4.34. The van der Waals surface area contributed by atoms with Crippen molar-refractivity contribution in [3.63, 3.8) is 0 Å². The summed E-state index contributed by atoms with van der Waals surface area (Å²) in [5.74, 6) is 1.61. The van der Waals surface area contributed by atoms with Crippen molar-refractivity contribution in [2.75, 3.05) is 0 Å². The predicted molar refractivity (Wildman–Crippen MR) is 91.2 cm³/mol. The molecule has 0 aromatic heterocycles. The van der Waals surface area contributed by atoms with E-state index in [2.05, 4.69) is 78.3 Å². The lowest BCUT2D eigenvalue weighted by atomic mass is 9.93. The van der Waals surface area contributed by atoms with E-state index in [1.807, 2.05) is 0 Å². The molecule has 0 saturated carbocycles. The van der Waals surface area contributed by atoms with Gasteiger partial charge in [-0.15, -0.1) is 0 Å². The Hall–Kier alpha value is -1.28. The zero-order valence-electron chi connectivity index (χ0n) is 12.6. The van der Waals surface area contributed by atoms with Crippen LogP contribution in [0.3, 0.4) is 0 Å². The molecule has 0 aliphatic carbocycles. The molecule has 1 aliphatic heterocycles. The summed E-state index contributed by atoms with van der Waals surface area (Å²) in [6.07, 6.45) is 2.41. The Morgan fingerprint density at radius 2 is 1.95 bits per heavy atom. The largest absolute Gasteiger partial charge is 0.490 e. The first kappa shape index (κ1) is 14.6. The van der Waals surface area contributed by atoms with Gasteiger partial charge in [-0.1, -0.05) is 70.9 Å². The highest BCUT2D eigenvalue weighted by molar-refractivity contribution is 9.09. The number of aryl methyl sites for hydroxylation is 1. The highest BCUT2D eigenvalue weighted by Crippen LogP contribution is 2.37. The number of hydrogen-bond acceptors (Lipinski definition) is 1. The predicted octanol–water partition coefficient (Wildman–Crippen LogP) is 5.46. The van der Waals surface area contributed by atoms with Crippen LogP contribution in [0.15, 0.2) is 48.5 Å². The van der Waals surface area contributed by atoms with Crippen molar-refractivity contribution >= 4 is 15.9 Å². The standard InChI is InChI=1S/C19H21BrO/c1-13-8-9-18-16(10-13)12-17(21-18)11-14(2)19(20)15-6-4-3-5-7-15/h3-10,14,17,19H,11-12H2,1-2H3. The van der Waals surface area contributed by atoms with E-state index in [0.717, 1.165) is 18.6 Å². The molecule has 3 unspecified atom stereocenters. The highest BCUT2D eigenvalue weighted by atomic mass is 79.9. The van der Waals surface area contributed by atoms with Crippen molar-refractivity contribution in [1.82, 2.24) is 0 Å². The number of fused-ring (bicyclic) bond motifs is 1. The zero-order valence-corrected chi connectivity index (χ0v) is 14.1. The summed E-state index contributed by atoms with van der Waals surface area (Å²) < 4.78 is 6.10. The van der Waals surface area contributed by atoms with Crippen molar-refractivity contribution in [1.29, 1.82) is 0 Å². The molecule has 110 valence electrons. The van der Waals surface area contributed by atoms with E-state index in [1.165, 1.54) is 16.7 Å². The van der Waals surface area contributed by atoms with Gasteiger partial charge in [0.2, 0.25) is 0 Å². The zero-order chi connectivity index (χ0) is 14.8. The van der Waals surface area contributed by atoms with Crippen LogP contribution < -0.4 is 4.74 Å². The van der Waals surface area contributed by atoms with Crippen LogP contribution in [0.1, 0.15) is 34.9 Å². The minimum absolute atomic E-state index is 0.306. The number of alkyl halides is 1. The third kappa shape index (κ3) is 3.32. The van der Waals surface area contributed by atoms with Gasteiger partial charge in [0, 0.05) is 11.2 Å². The maximum Gasteiger partial charge on any atom is 0.123 e. The second kappa shape index (κ2) is 6.23. The van der Waals surface area contributed by atoms with E-state index in [-0.39, 0.29) is 0 Å². The summed E-state index contributed by atoms with van der Waals surface area (Å²) in [5.41, 5.74) is 4.02. The molecular weight excluding hydrogens is 324 g/mol. The molecular formula is C19H21BrO. The quantitative estimate of drug-likeness (QED) is 0.669. The van der Waals surface area contributed by atoms with Crippen molar-refractivity contribution in [3.8, 4) is 5.75 Å². The van der Waals surface area contributed by atoms with E-state index < -0.39 is 0 Å². The number of rotatable bonds is 4.